The van der Waals surface area contributed by atoms with Crippen LogP contribution in [-0.2, 0) is 0 Å². The molecule has 0 aliphatic rings. The summed E-state index contributed by atoms with van der Waals surface area (Å²) in [6.45, 7) is 3.88. The molecule has 3 heteroatoms. The third-order valence-electron chi connectivity index (χ3n) is 0.477. The number of hydrazone groups is 1. The molecular formula is C4H9N3. The molecule has 0 rings (SSSR count). The molecule has 7 heavy (non-hydrogen) atoms. The van der Waals surface area contributed by atoms with Gasteiger partial charge in [0.1, 0.15) is 0 Å². The molecule has 0 unspecified atom stereocenters. The number of nitrogens with one attached hydrogen (secondary N) is 1. The summed E-state index contributed by atoms with van der Waals surface area (Å²) in [5.74, 6) is 0. The Labute approximate surface area is 43.1 Å². The highest BCUT2D eigenvalue weighted by Crippen LogP contribution is 1.51. The zero-order chi connectivity index (χ0) is 5.54. The third-order valence-corrected chi connectivity index (χ3v) is 0.477. The van der Waals surface area contributed by atoms with E-state index in [1.807, 2.05) is 0 Å². The SMILES string of the molecule is C=NNC/C=N\C. The largest absolute Gasteiger partial charge is 0.305 e. The van der Waals surface area contributed by atoms with Gasteiger partial charge in [0.05, 0.1) is 6.54 Å². The topological polar surface area (TPSA) is 36.8 Å². The molecule has 0 saturated heterocycles. The Kier molecular flexibility index (Phi) is 4.51. The molecule has 0 saturated carbocycles. The van der Waals surface area contributed by atoms with E-state index >= 15 is 0 Å². The van der Waals surface area contributed by atoms with Gasteiger partial charge in [0, 0.05) is 20.0 Å². The lowest BCUT2D eigenvalue weighted by Crippen LogP contribution is -2.06. The van der Waals surface area contributed by atoms with E-state index in [0.717, 1.165) is 0 Å². The second kappa shape index (κ2) is 5.14. The van der Waals surface area contributed by atoms with Gasteiger partial charge in [-0.05, 0) is 0 Å². The van der Waals surface area contributed by atoms with Crippen LogP contribution in [0.25, 0.3) is 0 Å². The second-order valence-corrected chi connectivity index (χ2v) is 0.961. The van der Waals surface area contributed by atoms with Gasteiger partial charge < -0.3 is 5.43 Å². The Hall–Kier alpha value is -0.860. The first kappa shape index (κ1) is 6.14. The minimum Gasteiger partial charge on any atom is -0.305 e. The summed E-state index contributed by atoms with van der Waals surface area (Å²) in [6.07, 6.45) is 1.72. The van der Waals surface area contributed by atoms with Gasteiger partial charge in [-0.1, -0.05) is 0 Å². The van der Waals surface area contributed by atoms with Gasteiger partial charge in [0.2, 0.25) is 0 Å². The molecule has 0 fully saturated rings. The molecule has 0 amide bonds. The van der Waals surface area contributed by atoms with Crippen molar-refractivity contribution in [3.63, 3.8) is 0 Å². The minimum atomic E-state index is 0.667. The molecule has 1 N–H and O–H groups in total. The molecule has 0 radical (unpaired) electrons. The van der Waals surface area contributed by atoms with Crippen molar-refractivity contribution in [2.75, 3.05) is 13.6 Å². The molecule has 3 nitrogen and oxygen atoms in total. The van der Waals surface area contributed by atoms with E-state index in [1.54, 1.807) is 13.3 Å². The van der Waals surface area contributed by atoms with Gasteiger partial charge in [-0.2, -0.15) is 5.10 Å². The highest BCUT2D eigenvalue weighted by Gasteiger charge is 1.65. The normalized spacial score (nSPS) is 9.29. The maximum Gasteiger partial charge on any atom is 0.0677 e. The van der Waals surface area contributed by atoms with Gasteiger partial charge in [0.15, 0.2) is 0 Å². The molecule has 0 aromatic rings. The molecule has 0 aliphatic carbocycles. The summed E-state index contributed by atoms with van der Waals surface area (Å²) < 4.78 is 0. The fraction of sp³-hybridized carbons (Fsp3) is 0.500. The monoisotopic (exact) mass is 99.1 g/mol. The average Bonchev–Trinajstić information content (AvgIpc) is 1.69. The molecule has 0 aliphatic heterocycles. The number of aliphatic imine (C=N–C) groups is 1. The number of rotatable bonds is 3. The van der Waals surface area contributed by atoms with Crippen LogP contribution in [0.5, 0.6) is 0 Å². The first-order chi connectivity index (χ1) is 3.41. The maximum absolute atomic E-state index is 3.70. The van der Waals surface area contributed by atoms with Crippen LogP contribution in [0.1, 0.15) is 0 Å². The van der Waals surface area contributed by atoms with E-state index in [4.69, 9.17) is 0 Å². The summed E-state index contributed by atoms with van der Waals surface area (Å²) in [5.41, 5.74) is 2.61. The molecule has 0 atom stereocenters. The minimum absolute atomic E-state index is 0.667. The Bertz CT molecular complexity index is 67.3. The van der Waals surface area contributed by atoms with E-state index in [0.29, 0.717) is 6.54 Å². The van der Waals surface area contributed by atoms with Crippen LogP contribution < -0.4 is 5.43 Å². The predicted octanol–water partition coefficient (Wildman–Crippen LogP) is -0.108. The van der Waals surface area contributed by atoms with Gasteiger partial charge in [-0.15, -0.1) is 0 Å². The Morgan fingerprint density at radius 3 is 3.00 bits per heavy atom. The van der Waals surface area contributed by atoms with E-state index in [2.05, 4.69) is 22.2 Å². The molecule has 0 bridgehead atoms. The standard InChI is InChI=1S/C4H9N3/c1-5-3-4-7-6-2/h3,7H,2,4H2,1H3/b5-3-. The zero-order valence-electron chi connectivity index (χ0n) is 4.39. The Balaban J connectivity index is 2.82. The fourth-order valence-corrected chi connectivity index (χ4v) is 0.197. The number of nitrogens with zero attached hydrogens (tertiary/aromatic N) is 2. The van der Waals surface area contributed by atoms with Crippen molar-refractivity contribution in [3.05, 3.63) is 0 Å². The number of hydrogen-bond acceptors (Lipinski definition) is 3. The van der Waals surface area contributed by atoms with Crippen LogP contribution in [0.2, 0.25) is 0 Å². The van der Waals surface area contributed by atoms with E-state index < -0.39 is 0 Å². The van der Waals surface area contributed by atoms with Crippen molar-refractivity contribution in [2.45, 2.75) is 0 Å². The quantitative estimate of drug-likeness (QED) is 0.299. The number of hydrogen-bond donors (Lipinski definition) is 1. The van der Waals surface area contributed by atoms with Crippen molar-refractivity contribution in [1.82, 2.24) is 5.43 Å². The van der Waals surface area contributed by atoms with E-state index in [-0.39, 0.29) is 0 Å². The summed E-state index contributed by atoms with van der Waals surface area (Å²) in [6, 6.07) is 0. The van der Waals surface area contributed by atoms with Gasteiger partial charge >= 0.3 is 0 Å². The van der Waals surface area contributed by atoms with E-state index in [1.165, 1.54) is 0 Å². The fourth-order valence-electron chi connectivity index (χ4n) is 0.197. The van der Waals surface area contributed by atoms with Gasteiger partial charge in [0.25, 0.3) is 0 Å². The van der Waals surface area contributed by atoms with E-state index in [9.17, 15) is 0 Å². The summed E-state index contributed by atoms with van der Waals surface area (Å²) >= 11 is 0. The highest BCUT2D eigenvalue weighted by atomic mass is 15.3. The van der Waals surface area contributed by atoms with Crippen LogP contribution in [0.3, 0.4) is 0 Å². The van der Waals surface area contributed by atoms with Crippen molar-refractivity contribution < 1.29 is 0 Å². The van der Waals surface area contributed by atoms with Crippen LogP contribution in [0.15, 0.2) is 10.1 Å². The highest BCUT2D eigenvalue weighted by molar-refractivity contribution is 5.59. The molecule has 0 aromatic heterocycles. The average molecular weight is 99.1 g/mol. The smallest absolute Gasteiger partial charge is 0.0677 e. The maximum atomic E-state index is 3.70. The summed E-state index contributed by atoms with van der Waals surface area (Å²) in [7, 11) is 1.71. The lowest BCUT2D eigenvalue weighted by atomic mass is 10.7. The molecular weight excluding hydrogens is 90.1 g/mol. The Morgan fingerprint density at radius 1 is 1.86 bits per heavy atom. The summed E-state index contributed by atoms with van der Waals surface area (Å²) in [5, 5.41) is 3.38. The van der Waals surface area contributed by atoms with Crippen LogP contribution in [0.4, 0.5) is 0 Å². The third kappa shape index (κ3) is 5.14. The molecule has 0 heterocycles. The zero-order valence-corrected chi connectivity index (χ0v) is 4.39. The summed E-state index contributed by atoms with van der Waals surface area (Å²) in [4.78, 5) is 3.70. The molecule has 40 valence electrons. The lowest BCUT2D eigenvalue weighted by Gasteiger charge is -1.85. The van der Waals surface area contributed by atoms with Crippen molar-refractivity contribution >= 4 is 12.9 Å². The van der Waals surface area contributed by atoms with Crippen LogP contribution in [0, 0.1) is 0 Å². The van der Waals surface area contributed by atoms with Crippen molar-refractivity contribution in [2.24, 2.45) is 10.1 Å². The van der Waals surface area contributed by atoms with Gasteiger partial charge in [-0.3, -0.25) is 4.99 Å². The van der Waals surface area contributed by atoms with Crippen molar-refractivity contribution in [1.29, 1.82) is 0 Å². The first-order valence-corrected chi connectivity index (χ1v) is 2.01. The Morgan fingerprint density at radius 2 is 2.57 bits per heavy atom. The second-order valence-electron chi connectivity index (χ2n) is 0.961. The lowest BCUT2D eigenvalue weighted by molar-refractivity contribution is 0.863. The van der Waals surface area contributed by atoms with Crippen LogP contribution >= 0.6 is 0 Å². The van der Waals surface area contributed by atoms with Crippen LogP contribution in [-0.4, -0.2) is 26.5 Å². The predicted molar refractivity (Wildman–Crippen MR) is 32.0 cm³/mol. The molecule has 0 spiro atoms. The molecule has 0 aromatic carbocycles. The van der Waals surface area contributed by atoms with Gasteiger partial charge in [-0.25, -0.2) is 0 Å². The van der Waals surface area contributed by atoms with Crippen molar-refractivity contribution in [3.8, 4) is 0 Å². The first-order valence-electron chi connectivity index (χ1n) is 2.01.